The van der Waals surface area contributed by atoms with Crippen molar-refractivity contribution in [3.8, 4) is 0 Å². The summed E-state index contributed by atoms with van der Waals surface area (Å²) in [6.45, 7) is 11.6. The Hall–Kier alpha value is -0.735. The lowest BCUT2D eigenvalue weighted by Gasteiger charge is -2.32. The van der Waals surface area contributed by atoms with Crippen LogP contribution in [0.4, 0.5) is 0 Å². The fourth-order valence-corrected chi connectivity index (χ4v) is 1.17. The Morgan fingerprint density at radius 1 is 1.21 bits per heavy atom. The molecule has 1 fully saturated rings. The first kappa shape index (κ1) is 11.3. The number of rotatable bonds is 2. The van der Waals surface area contributed by atoms with E-state index in [4.69, 9.17) is 15.0 Å². The second kappa shape index (κ2) is 3.44. The molecule has 1 aliphatic heterocycles. The van der Waals surface area contributed by atoms with Crippen molar-refractivity contribution in [3.05, 3.63) is 24.3 Å². The highest BCUT2D eigenvalue weighted by Crippen LogP contribution is 2.36. The Labute approximate surface area is 86.1 Å². The van der Waals surface area contributed by atoms with Crippen molar-refractivity contribution in [1.82, 2.24) is 0 Å². The van der Waals surface area contributed by atoms with E-state index < -0.39 is 0 Å². The largest absolute Gasteiger partial charge is 0.487 e. The molecule has 14 heavy (non-hydrogen) atoms. The highest BCUT2D eigenvalue weighted by atomic mass is 16.7. The van der Waals surface area contributed by atoms with E-state index in [1.54, 1.807) is 12.1 Å². The third-order valence-electron chi connectivity index (χ3n) is 2.74. The molecule has 0 unspecified atom stereocenters. The third kappa shape index (κ3) is 2.19. The maximum Gasteiger partial charge on any atom is 0.487 e. The molecule has 0 radical (unpaired) electrons. The second-order valence-electron chi connectivity index (χ2n) is 4.56. The standard InChI is InChI=1S/C10H18BNO2/c1-8(12)6-7-11-13-9(2,3)10(4,5)14-11/h6-7H,1,12H2,2-5H3/b7-6+. The first-order chi connectivity index (χ1) is 6.24. The van der Waals surface area contributed by atoms with Gasteiger partial charge < -0.3 is 15.0 Å². The average Bonchev–Trinajstić information content (AvgIpc) is 2.17. The minimum atomic E-state index is -0.333. The highest BCUT2D eigenvalue weighted by molar-refractivity contribution is 6.51. The average molecular weight is 195 g/mol. The van der Waals surface area contributed by atoms with Crippen LogP contribution in [-0.2, 0) is 9.31 Å². The van der Waals surface area contributed by atoms with E-state index >= 15 is 0 Å². The summed E-state index contributed by atoms with van der Waals surface area (Å²) in [5.74, 6) is 1.78. The van der Waals surface area contributed by atoms with Crippen molar-refractivity contribution in [1.29, 1.82) is 0 Å². The summed E-state index contributed by atoms with van der Waals surface area (Å²) in [6.07, 6.45) is 1.70. The predicted octanol–water partition coefficient (Wildman–Crippen LogP) is 1.65. The molecule has 0 aromatic carbocycles. The van der Waals surface area contributed by atoms with Crippen LogP contribution in [0.15, 0.2) is 24.3 Å². The zero-order valence-electron chi connectivity index (χ0n) is 9.33. The molecule has 0 atom stereocenters. The van der Waals surface area contributed by atoms with Crippen LogP contribution in [0.25, 0.3) is 0 Å². The van der Waals surface area contributed by atoms with Crippen LogP contribution < -0.4 is 5.73 Å². The Bertz CT molecular complexity index is 255. The Kier molecular flexibility index (Phi) is 2.79. The van der Waals surface area contributed by atoms with Crippen molar-refractivity contribution in [2.75, 3.05) is 0 Å². The first-order valence-electron chi connectivity index (χ1n) is 4.73. The molecule has 0 aliphatic carbocycles. The van der Waals surface area contributed by atoms with E-state index in [-0.39, 0.29) is 18.3 Å². The molecule has 1 saturated heterocycles. The van der Waals surface area contributed by atoms with Crippen LogP contribution in [0, 0.1) is 0 Å². The molecule has 1 rings (SSSR count). The number of nitrogens with two attached hydrogens (primary N) is 1. The SMILES string of the molecule is C=C(N)/C=C/B1OC(C)(C)C(C)(C)O1. The molecule has 0 spiro atoms. The maximum atomic E-state index is 5.71. The van der Waals surface area contributed by atoms with Gasteiger partial charge in [-0.25, -0.2) is 0 Å². The topological polar surface area (TPSA) is 44.5 Å². The summed E-state index contributed by atoms with van der Waals surface area (Å²) >= 11 is 0. The maximum absolute atomic E-state index is 5.71. The van der Waals surface area contributed by atoms with Gasteiger partial charge in [-0.15, -0.1) is 0 Å². The van der Waals surface area contributed by atoms with Gasteiger partial charge in [-0.05, 0) is 33.8 Å². The Morgan fingerprint density at radius 3 is 2.00 bits per heavy atom. The molecule has 1 heterocycles. The Balaban J connectivity index is 2.69. The van der Waals surface area contributed by atoms with Crippen LogP contribution in [0.1, 0.15) is 27.7 Å². The lowest BCUT2D eigenvalue weighted by Crippen LogP contribution is -2.41. The molecular weight excluding hydrogens is 177 g/mol. The van der Waals surface area contributed by atoms with Gasteiger partial charge in [-0.3, -0.25) is 0 Å². The van der Waals surface area contributed by atoms with Crippen molar-refractivity contribution in [2.24, 2.45) is 5.73 Å². The molecule has 2 N–H and O–H groups in total. The lowest BCUT2D eigenvalue weighted by molar-refractivity contribution is 0.00578. The second-order valence-corrected chi connectivity index (χ2v) is 4.56. The summed E-state index contributed by atoms with van der Waals surface area (Å²) < 4.78 is 11.4. The number of hydrogen-bond donors (Lipinski definition) is 1. The molecule has 78 valence electrons. The molecule has 4 heteroatoms. The fraction of sp³-hybridized carbons (Fsp3) is 0.600. The monoisotopic (exact) mass is 195 g/mol. The zero-order valence-corrected chi connectivity index (χ0v) is 9.33. The summed E-state index contributed by atoms with van der Waals surface area (Å²) in [5.41, 5.74) is 5.33. The molecule has 0 aromatic heterocycles. The zero-order chi connectivity index (χ0) is 11.0. The quantitative estimate of drug-likeness (QED) is 0.538. The van der Waals surface area contributed by atoms with Crippen molar-refractivity contribution < 1.29 is 9.31 Å². The van der Waals surface area contributed by atoms with Crippen LogP contribution in [0.2, 0.25) is 0 Å². The van der Waals surface area contributed by atoms with Gasteiger partial charge in [0, 0.05) is 5.70 Å². The number of allylic oxidation sites excluding steroid dienone is 1. The van der Waals surface area contributed by atoms with E-state index in [1.807, 2.05) is 27.7 Å². The van der Waals surface area contributed by atoms with E-state index in [0.29, 0.717) is 5.70 Å². The third-order valence-corrected chi connectivity index (χ3v) is 2.74. The van der Waals surface area contributed by atoms with Crippen LogP contribution in [0.3, 0.4) is 0 Å². The van der Waals surface area contributed by atoms with Crippen molar-refractivity contribution in [3.63, 3.8) is 0 Å². The van der Waals surface area contributed by atoms with Crippen molar-refractivity contribution in [2.45, 2.75) is 38.9 Å². The van der Waals surface area contributed by atoms with Crippen LogP contribution >= 0.6 is 0 Å². The van der Waals surface area contributed by atoms with E-state index in [9.17, 15) is 0 Å². The Morgan fingerprint density at radius 2 is 1.64 bits per heavy atom. The summed E-state index contributed by atoms with van der Waals surface area (Å²) in [5, 5.41) is 0. The fourth-order valence-electron chi connectivity index (χ4n) is 1.17. The summed E-state index contributed by atoms with van der Waals surface area (Å²) in [7, 11) is -0.333. The van der Waals surface area contributed by atoms with E-state index in [0.717, 1.165) is 0 Å². The highest BCUT2D eigenvalue weighted by Gasteiger charge is 2.49. The van der Waals surface area contributed by atoms with Gasteiger partial charge in [0.2, 0.25) is 0 Å². The summed E-state index contributed by atoms with van der Waals surface area (Å²) in [4.78, 5) is 0. The molecule has 0 amide bonds. The summed E-state index contributed by atoms with van der Waals surface area (Å²) in [6, 6.07) is 0. The van der Waals surface area contributed by atoms with Gasteiger partial charge in [0.15, 0.2) is 0 Å². The van der Waals surface area contributed by atoms with Gasteiger partial charge in [0.25, 0.3) is 0 Å². The molecular formula is C10H18BNO2. The van der Waals surface area contributed by atoms with Gasteiger partial charge in [0.05, 0.1) is 11.2 Å². The normalized spacial score (nSPS) is 24.4. The van der Waals surface area contributed by atoms with Crippen LogP contribution in [-0.4, -0.2) is 18.3 Å². The van der Waals surface area contributed by atoms with Gasteiger partial charge in [0.1, 0.15) is 0 Å². The first-order valence-corrected chi connectivity index (χ1v) is 4.73. The molecule has 0 aromatic rings. The molecule has 0 bridgehead atoms. The van der Waals surface area contributed by atoms with Gasteiger partial charge in [-0.2, -0.15) is 0 Å². The predicted molar refractivity (Wildman–Crippen MR) is 58.5 cm³/mol. The minimum Gasteiger partial charge on any atom is -0.400 e. The molecule has 3 nitrogen and oxygen atoms in total. The van der Waals surface area contributed by atoms with Gasteiger partial charge >= 0.3 is 7.12 Å². The van der Waals surface area contributed by atoms with E-state index in [1.165, 1.54) is 0 Å². The lowest BCUT2D eigenvalue weighted by atomic mass is 9.90. The van der Waals surface area contributed by atoms with E-state index in [2.05, 4.69) is 6.58 Å². The van der Waals surface area contributed by atoms with Gasteiger partial charge in [-0.1, -0.05) is 12.6 Å². The smallest absolute Gasteiger partial charge is 0.400 e. The molecule has 1 aliphatic rings. The number of hydrogen-bond acceptors (Lipinski definition) is 3. The minimum absolute atomic E-state index is 0.294. The van der Waals surface area contributed by atoms with Crippen LogP contribution in [0.5, 0.6) is 0 Å². The molecule has 0 saturated carbocycles. The van der Waals surface area contributed by atoms with Crippen molar-refractivity contribution >= 4 is 7.12 Å².